The Morgan fingerprint density at radius 2 is 0.875 bits per heavy atom. The standard InChI is InChI=1S/C19H33N5O8/c1-15(25)10-20-16(26)11-21-2-4-22(12-17(27)28)6-8-24(14-19(31)32)9-7-23(5-3-21)13-18(29)30/h2-14H2,1H3,(H,20,26)(H,27,28)(H,29,30)(H,31,32). The smallest absolute Gasteiger partial charge is 0.317 e. The summed E-state index contributed by atoms with van der Waals surface area (Å²) in [7, 11) is 0. The molecule has 0 bridgehead atoms. The van der Waals surface area contributed by atoms with Crippen LogP contribution in [-0.4, -0.2) is 150 Å². The van der Waals surface area contributed by atoms with Crippen LogP contribution in [0, 0.1) is 0 Å². The number of carbonyl (C=O) groups excluding carboxylic acids is 2. The van der Waals surface area contributed by atoms with Gasteiger partial charge in [-0.05, 0) is 6.92 Å². The maximum absolute atomic E-state index is 12.2. The summed E-state index contributed by atoms with van der Waals surface area (Å²) in [5.74, 6) is -3.58. The van der Waals surface area contributed by atoms with E-state index in [1.54, 1.807) is 19.6 Å². The first-order chi connectivity index (χ1) is 15.0. The summed E-state index contributed by atoms with van der Waals surface area (Å²) < 4.78 is 0. The molecule has 0 aromatic heterocycles. The Balaban J connectivity index is 2.92. The van der Waals surface area contributed by atoms with Gasteiger partial charge in [0.25, 0.3) is 0 Å². The maximum Gasteiger partial charge on any atom is 0.317 e. The second kappa shape index (κ2) is 14.5. The number of carboxylic acids is 3. The first kappa shape index (κ1) is 27.4. The zero-order chi connectivity index (χ0) is 24.1. The molecule has 0 atom stereocenters. The van der Waals surface area contributed by atoms with Crippen LogP contribution in [0.5, 0.6) is 0 Å². The van der Waals surface area contributed by atoms with Gasteiger partial charge in [-0.3, -0.25) is 43.6 Å². The van der Waals surface area contributed by atoms with E-state index >= 15 is 0 Å². The zero-order valence-electron chi connectivity index (χ0n) is 18.4. The summed E-state index contributed by atoms with van der Waals surface area (Å²) in [6, 6.07) is 0. The van der Waals surface area contributed by atoms with E-state index in [9.17, 15) is 34.2 Å². The molecule has 1 aliphatic rings. The predicted octanol–water partition coefficient (Wildman–Crippen LogP) is -2.83. The number of amides is 1. The van der Waals surface area contributed by atoms with Crippen molar-refractivity contribution < 1.29 is 39.3 Å². The number of hydrogen-bond donors (Lipinski definition) is 4. The van der Waals surface area contributed by atoms with Crippen LogP contribution in [0.1, 0.15) is 6.92 Å². The van der Waals surface area contributed by atoms with E-state index in [4.69, 9.17) is 5.11 Å². The van der Waals surface area contributed by atoms with Crippen LogP contribution in [-0.2, 0) is 24.0 Å². The van der Waals surface area contributed by atoms with E-state index in [0.717, 1.165) is 0 Å². The average Bonchev–Trinajstić information content (AvgIpc) is 2.67. The van der Waals surface area contributed by atoms with Gasteiger partial charge in [-0.15, -0.1) is 0 Å². The SMILES string of the molecule is CC(=O)CNC(=O)CN1CCN(CC(=O)O)CCN(CC(=O)O)CCN(CC(=O)O)CC1. The molecule has 13 nitrogen and oxygen atoms in total. The molecule has 1 heterocycles. The lowest BCUT2D eigenvalue weighted by atomic mass is 10.3. The van der Waals surface area contributed by atoms with Crippen LogP contribution in [0.2, 0.25) is 0 Å². The molecule has 1 amide bonds. The first-order valence-corrected chi connectivity index (χ1v) is 10.4. The van der Waals surface area contributed by atoms with Crippen molar-refractivity contribution in [1.82, 2.24) is 24.9 Å². The maximum atomic E-state index is 12.2. The molecule has 0 saturated carbocycles. The van der Waals surface area contributed by atoms with Crippen LogP contribution in [0.15, 0.2) is 0 Å². The second-order valence-electron chi connectivity index (χ2n) is 7.76. The zero-order valence-corrected chi connectivity index (χ0v) is 18.4. The number of aliphatic carboxylic acids is 3. The fraction of sp³-hybridized carbons (Fsp3) is 0.737. The van der Waals surface area contributed by atoms with Gasteiger partial charge in [0.1, 0.15) is 5.78 Å². The molecule has 1 aliphatic heterocycles. The summed E-state index contributed by atoms with van der Waals surface area (Å²) >= 11 is 0. The Labute approximate surface area is 186 Å². The normalized spacial score (nSPS) is 18.3. The Kier molecular flexibility index (Phi) is 12.4. The van der Waals surface area contributed by atoms with Crippen LogP contribution < -0.4 is 5.32 Å². The highest BCUT2D eigenvalue weighted by atomic mass is 16.4. The van der Waals surface area contributed by atoms with Gasteiger partial charge < -0.3 is 20.6 Å². The van der Waals surface area contributed by atoms with Crippen molar-refractivity contribution in [3.05, 3.63) is 0 Å². The Morgan fingerprint density at radius 1 is 0.594 bits per heavy atom. The van der Waals surface area contributed by atoms with Crippen LogP contribution in [0.3, 0.4) is 0 Å². The monoisotopic (exact) mass is 459 g/mol. The molecule has 32 heavy (non-hydrogen) atoms. The molecule has 4 N–H and O–H groups in total. The lowest BCUT2D eigenvalue weighted by Gasteiger charge is -2.32. The van der Waals surface area contributed by atoms with E-state index in [0.29, 0.717) is 52.4 Å². The van der Waals surface area contributed by atoms with E-state index in [1.807, 2.05) is 0 Å². The van der Waals surface area contributed by atoms with Gasteiger partial charge in [-0.1, -0.05) is 0 Å². The third-order valence-electron chi connectivity index (χ3n) is 4.91. The highest BCUT2D eigenvalue weighted by Gasteiger charge is 2.21. The Morgan fingerprint density at radius 3 is 1.12 bits per heavy atom. The molecule has 0 aromatic rings. The minimum absolute atomic E-state index is 0.0136. The lowest BCUT2D eigenvalue weighted by Crippen LogP contribution is -2.50. The fourth-order valence-electron chi connectivity index (χ4n) is 3.27. The Bertz CT molecular complexity index is 642. The van der Waals surface area contributed by atoms with Gasteiger partial charge >= 0.3 is 17.9 Å². The van der Waals surface area contributed by atoms with Crippen LogP contribution >= 0.6 is 0 Å². The number of ketones is 1. The molecule has 0 aliphatic carbocycles. The molecule has 0 radical (unpaired) electrons. The molecule has 1 fully saturated rings. The molecule has 182 valence electrons. The number of nitrogens with zero attached hydrogens (tertiary/aromatic N) is 4. The molecular formula is C19H33N5O8. The van der Waals surface area contributed by atoms with Crippen molar-refractivity contribution in [2.24, 2.45) is 0 Å². The highest BCUT2D eigenvalue weighted by Crippen LogP contribution is 2.01. The van der Waals surface area contributed by atoms with Gasteiger partial charge in [-0.2, -0.15) is 0 Å². The molecule has 0 aromatic carbocycles. The van der Waals surface area contributed by atoms with Crippen LogP contribution in [0.4, 0.5) is 0 Å². The topological polar surface area (TPSA) is 171 Å². The minimum atomic E-state index is -1.02. The predicted molar refractivity (Wildman–Crippen MR) is 112 cm³/mol. The van der Waals surface area contributed by atoms with E-state index in [1.165, 1.54) is 6.92 Å². The Hall–Kier alpha value is -2.61. The van der Waals surface area contributed by atoms with Gasteiger partial charge in [0, 0.05) is 52.4 Å². The molecule has 0 spiro atoms. The lowest BCUT2D eigenvalue weighted by molar-refractivity contribution is -0.140. The minimum Gasteiger partial charge on any atom is -0.480 e. The first-order valence-electron chi connectivity index (χ1n) is 10.4. The quantitative estimate of drug-likeness (QED) is 0.264. The molecule has 0 unspecified atom stereocenters. The summed E-state index contributed by atoms with van der Waals surface area (Å²) in [5, 5.41) is 30.1. The number of rotatable bonds is 10. The fourth-order valence-corrected chi connectivity index (χ4v) is 3.27. The third kappa shape index (κ3) is 12.9. The number of nitrogens with one attached hydrogen (secondary N) is 1. The van der Waals surface area contributed by atoms with Crippen molar-refractivity contribution in [2.75, 3.05) is 85.1 Å². The molecule has 13 heteroatoms. The van der Waals surface area contributed by atoms with Crippen molar-refractivity contribution in [3.63, 3.8) is 0 Å². The summed E-state index contributed by atoms with van der Waals surface area (Å²) in [4.78, 5) is 63.7. The number of Topliss-reactive ketones (excluding diaryl/α,β-unsaturated/α-hetero) is 1. The number of hydrogen-bond acceptors (Lipinski definition) is 9. The van der Waals surface area contributed by atoms with E-state index < -0.39 is 17.9 Å². The van der Waals surface area contributed by atoms with Crippen LogP contribution in [0.25, 0.3) is 0 Å². The summed E-state index contributed by atoms with van der Waals surface area (Å²) in [6.07, 6.45) is 0. The molecule has 1 saturated heterocycles. The van der Waals surface area contributed by atoms with E-state index in [-0.39, 0.29) is 44.4 Å². The highest BCUT2D eigenvalue weighted by molar-refractivity contribution is 5.85. The summed E-state index contributed by atoms with van der Waals surface area (Å²) in [6.45, 7) is 3.15. The average molecular weight is 460 g/mol. The summed E-state index contributed by atoms with van der Waals surface area (Å²) in [5.41, 5.74) is 0. The third-order valence-corrected chi connectivity index (χ3v) is 4.91. The molecule has 1 rings (SSSR count). The van der Waals surface area contributed by atoms with Crippen molar-refractivity contribution in [1.29, 1.82) is 0 Å². The van der Waals surface area contributed by atoms with Crippen molar-refractivity contribution >= 4 is 29.6 Å². The molecular weight excluding hydrogens is 426 g/mol. The largest absolute Gasteiger partial charge is 0.480 e. The number of carboxylic acid groups (broad SMARTS) is 3. The van der Waals surface area contributed by atoms with Crippen molar-refractivity contribution in [3.8, 4) is 0 Å². The second-order valence-corrected chi connectivity index (χ2v) is 7.76. The number of carbonyl (C=O) groups is 5. The van der Waals surface area contributed by atoms with E-state index in [2.05, 4.69) is 5.32 Å². The van der Waals surface area contributed by atoms with Gasteiger partial charge in [0.2, 0.25) is 5.91 Å². The van der Waals surface area contributed by atoms with Gasteiger partial charge in [-0.25, -0.2) is 0 Å². The van der Waals surface area contributed by atoms with Gasteiger partial charge in [0.15, 0.2) is 0 Å². The van der Waals surface area contributed by atoms with Gasteiger partial charge in [0.05, 0.1) is 32.7 Å². The van der Waals surface area contributed by atoms with Crippen molar-refractivity contribution in [2.45, 2.75) is 6.92 Å².